The molecule has 1 atom stereocenters. The Morgan fingerprint density at radius 2 is 1.73 bits per heavy atom. The summed E-state index contributed by atoms with van der Waals surface area (Å²) in [5, 5.41) is 9.96. The zero-order valence-corrected chi connectivity index (χ0v) is 18.0. The highest BCUT2D eigenvalue weighted by Gasteiger charge is 2.21. The van der Waals surface area contributed by atoms with Crippen molar-refractivity contribution in [2.24, 2.45) is 0 Å². The maximum Gasteiger partial charge on any atom is 0.255 e. The molecule has 1 unspecified atom stereocenters. The molecule has 1 aliphatic rings. The molecule has 1 aliphatic heterocycles. The first kappa shape index (κ1) is 20.5. The molecule has 0 spiro atoms. The number of rotatable bonds is 7. The van der Waals surface area contributed by atoms with Gasteiger partial charge in [-0.05, 0) is 55.6 Å². The molecule has 0 radical (unpaired) electrons. The smallest absolute Gasteiger partial charge is 0.255 e. The Labute approximate surface area is 181 Å². The van der Waals surface area contributed by atoms with Gasteiger partial charge in [-0.25, -0.2) is 0 Å². The van der Waals surface area contributed by atoms with E-state index < -0.39 is 0 Å². The van der Waals surface area contributed by atoms with Crippen molar-refractivity contribution in [2.75, 3.05) is 37.8 Å². The van der Waals surface area contributed by atoms with Gasteiger partial charge in [-0.1, -0.05) is 54.2 Å². The molecule has 0 fully saturated rings. The second kappa shape index (κ2) is 9.34. The Morgan fingerprint density at radius 1 is 1.00 bits per heavy atom. The summed E-state index contributed by atoms with van der Waals surface area (Å²) in [4.78, 5) is 16.0. The molecule has 0 bridgehead atoms. The number of hydrogen-bond donors (Lipinski definition) is 3. The van der Waals surface area contributed by atoms with Gasteiger partial charge in [-0.15, -0.1) is 0 Å². The van der Waals surface area contributed by atoms with Crippen molar-refractivity contribution in [3.63, 3.8) is 0 Å². The standard InChI is InChI=1S/C24H26N4OS/c1-28(2)15-14-25-24-27-21-13-12-20(16-22(21)30-24)26-23(29)19-10-8-18(9-11-19)17-6-4-3-5-7-17/h3-13,16,24-25,27H,14-15H2,1-2H3,(H,26,29). The van der Waals surface area contributed by atoms with Crippen molar-refractivity contribution in [3.8, 4) is 11.1 Å². The van der Waals surface area contributed by atoms with E-state index in [9.17, 15) is 4.79 Å². The van der Waals surface area contributed by atoms with E-state index >= 15 is 0 Å². The maximum atomic E-state index is 12.7. The third-order valence-electron chi connectivity index (χ3n) is 4.91. The highest BCUT2D eigenvalue weighted by molar-refractivity contribution is 8.00. The molecular formula is C24H26N4OS. The lowest BCUT2D eigenvalue weighted by atomic mass is 10.0. The average molecular weight is 419 g/mol. The largest absolute Gasteiger partial charge is 0.360 e. The molecule has 3 aromatic rings. The monoisotopic (exact) mass is 418 g/mol. The molecule has 0 aromatic heterocycles. The summed E-state index contributed by atoms with van der Waals surface area (Å²) in [6.45, 7) is 1.90. The van der Waals surface area contributed by atoms with E-state index in [1.54, 1.807) is 11.8 Å². The van der Waals surface area contributed by atoms with Gasteiger partial charge in [0.25, 0.3) is 5.91 Å². The fourth-order valence-electron chi connectivity index (χ4n) is 3.27. The lowest BCUT2D eigenvalue weighted by molar-refractivity contribution is 0.102. The summed E-state index contributed by atoms with van der Waals surface area (Å²) < 4.78 is 0. The molecule has 154 valence electrons. The average Bonchev–Trinajstić information content (AvgIpc) is 3.16. The van der Waals surface area contributed by atoms with Crippen LogP contribution in [0.2, 0.25) is 0 Å². The number of likely N-dealkylation sites (N-methyl/N-ethyl adjacent to an activating group) is 1. The molecule has 3 aromatic carbocycles. The quantitative estimate of drug-likeness (QED) is 0.525. The highest BCUT2D eigenvalue weighted by Crippen LogP contribution is 2.39. The predicted octanol–water partition coefficient (Wildman–Crippen LogP) is 4.56. The van der Waals surface area contributed by atoms with Gasteiger partial charge >= 0.3 is 0 Å². The zero-order chi connectivity index (χ0) is 20.9. The van der Waals surface area contributed by atoms with Gasteiger partial charge < -0.3 is 15.5 Å². The molecule has 4 rings (SSSR count). The van der Waals surface area contributed by atoms with E-state index in [1.165, 1.54) is 0 Å². The summed E-state index contributed by atoms with van der Waals surface area (Å²) >= 11 is 1.73. The van der Waals surface area contributed by atoms with Crippen molar-refractivity contribution < 1.29 is 4.79 Å². The molecule has 1 heterocycles. The van der Waals surface area contributed by atoms with Crippen LogP contribution in [0, 0.1) is 0 Å². The van der Waals surface area contributed by atoms with E-state index in [-0.39, 0.29) is 11.4 Å². The molecule has 5 nitrogen and oxygen atoms in total. The van der Waals surface area contributed by atoms with E-state index in [0.717, 1.165) is 40.5 Å². The normalized spacial score (nSPS) is 15.0. The van der Waals surface area contributed by atoms with Crippen LogP contribution in [0.15, 0.2) is 77.7 Å². The number of anilines is 2. The van der Waals surface area contributed by atoms with Crippen LogP contribution in [0.5, 0.6) is 0 Å². The van der Waals surface area contributed by atoms with Crippen molar-refractivity contribution in [1.82, 2.24) is 10.2 Å². The van der Waals surface area contributed by atoms with Gasteiger partial charge in [-0.3, -0.25) is 10.1 Å². The zero-order valence-electron chi connectivity index (χ0n) is 17.2. The Bertz CT molecular complexity index is 1010. The third-order valence-corrected chi connectivity index (χ3v) is 6.03. The summed E-state index contributed by atoms with van der Waals surface area (Å²) in [5.41, 5.74) is 4.92. The molecule has 3 N–H and O–H groups in total. The number of carbonyl (C=O) groups excluding carboxylic acids is 1. The number of fused-ring (bicyclic) bond motifs is 1. The number of carbonyl (C=O) groups is 1. The summed E-state index contributed by atoms with van der Waals surface area (Å²) in [7, 11) is 4.13. The van der Waals surface area contributed by atoms with Crippen molar-refractivity contribution in [1.29, 1.82) is 0 Å². The Morgan fingerprint density at radius 3 is 2.47 bits per heavy atom. The van der Waals surface area contributed by atoms with Gasteiger partial charge in [0.15, 0.2) is 0 Å². The molecule has 1 amide bonds. The van der Waals surface area contributed by atoms with Crippen LogP contribution in [0.3, 0.4) is 0 Å². The number of amides is 1. The number of benzene rings is 3. The van der Waals surface area contributed by atoms with Crippen LogP contribution >= 0.6 is 11.8 Å². The minimum absolute atomic E-state index is 0.105. The van der Waals surface area contributed by atoms with Gasteiger partial charge in [0, 0.05) is 34.9 Å². The van der Waals surface area contributed by atoms with Crippen LogP contribution in [-0.2, 0) is 0 Å². The molecule has 0 saturated carbocycles. The van der Waals surface area contributed by atoms with Crippen LogP contribution in [-0.4, -0.2) is 43.5 Å². The fraction of sp³-hybridized carbons (Fsp3) is 0.208. The van der Waals surface area contributed by atoms with Gasteiger partial charge in [-0.2, -0.15) is 0 Å². The fourth-order valence-corrected chi connectivity index (χ4v) is 4.36. The minimum Gasteiger partial charge on any atom is -0.360 e. The first-order valence-electron chi connectivity index (χ1n) is 10.0. The topological polar surface area (TPSA) is 56.4 Å². The van der Waals surface area contributed by atoms with E-state index in [2.05, 4.69) is 47.1 Å². The lowest BCUT2D eigenvalue weighted by Gasteiger charge is -2.15. The van der Waals surface area contributed by atoms with Crippen LogP contribution in [0.25, 0.3) is 11.1 Å². The van der Waals surface area contributed by atoms with E-state index in [0.29, 0.717) is 5.56 Å². The Balaban J connectivity index is 1.37. The summed E-state index contributed by atoms with van der Waals surface area (Å²) in [5.74, 6) is -0.105. The predicted molar refractivity (Wildman–Crippen MR) is 126 cm³/mol. The van der Waals surface area contributed by atoms with E-state index in [1.807, 2.05) is 60.7 Å². The third kappa shape index (κ3) is 5.02. The minimum atomic E-state index is -0.105. The van der Waals surface area contributed by atoms with Crippen molar-refractivity contribution in [3.05, 3.63) is 78.4 Å². The lowest BCUT2D eigenvalue weighted by Crippen LogP contribution is -2.35. The SMILES string of the molecule is CN(C)CCNC1Nc2ccc(NC(=O)c3ccc(-c4ccccc4)cc3)cc2S1. The number of nitrogens with zero attached hydrogens (tertiary/aromatic N) is 1. The van der Waals surface area contributed by atoms with Gasteiger partial charge in [0.05, 0.1) is 0 Å². The number of hydrogen-bond acceptors (Lipinski definition) is 5. The highest BCUT2D eigenvalue weighted by atomic mass is 32.2. The summed E-state index contributed by atoms with van der Waals surface area (Å²) in [6, 6.07) is 23.8. The Kier molecular flexibility index (Phi) is 6.38. The molecule has 6 heteroatoms. The van der Waals surface area contributed by atoms with Crippen molar-refractivity contribution >= 4 is 29.0 Å². The van der Waals surface area contributed by atoms with E-state index in [4.69, 9.17) is 0 Å². The van der Waals surface area contributed by atoms with Crippen LogP contribution in [0.4, 0.5) is 11.4 Å². The van der Waals surface area contributed by atoms with Gasteiger partial charge in [0.2, 0.25) is 0 Å². The molecule has 0 aliphatic carbocycles. The second-order valence-corrected chi connectivity index (χ2v) is 8.66. The first-order chi connectivity index (χ1) is 14.6. The molecule has 30 heavy (non-hydrogen) atoms. The number of nitrogens with one attached hydrogen (secondary N) is 3. The van der Waals surface area contributed by atoms with Crippen LogP contribution in [0.1, 0.15) is 10.4 Å². The van der Waals surface area contributed by atoms with Crippen LogP contribution < -0.4 is 16.0 Å². The maximum absolute atomic E-state index is 12.7. The molecule has 0 saturated heterocycles. The van der Waals surface area contributed by atoms with Crippen molar-refractivity contribution in [2.45, 2.75) is 10.4 Å². The second-order valence-electron chi connectivity index (χ2n) is 7.51. The Hall–Kier alpha value is -2.80. The van der Waals surface area contributed by atoms with Gasteiger partial charge in [0.1, 0.15) is 5.50 Å². The first-order valence-corrected chi connectivity index (χ1v) is 10.9. The summed E-state index contributed by atoms with van der Waals surface area (Å²) in [6.07, 6.45) is 0. The number of thioether (sulfide) groups is 1. The molecular weight excluding hydrogens is 392 g/mol.